The van der Waals surface area contributed by atoms with E-state index in [4.69, 9.17) is 0 Å². The number of fused-ring (bicyclic) bond motifs is 1. The third-order valence-electron chi connectivity index (χ3n) is 6.91. The number of hydrogen-bond acceptors (Lipinski definition) is 3. The maximum atomic E-state index is 13.8. The van der Waals surface area contributed by atoms with Gasteiger partial charge < -0.3 is 4.90 Å². The number of aryl methyl sites for hydroxylation is 3. The predicted octanol–water partition coefficient (Wildman–Crippen LogP) is 6.20. The Morgan fingerprint density at radius 1 is 0.879 bits per heavy atom. The first-order valence-electron chi connectivity index (χ1n) is 12.6. The molecular formula is C29H36N2O2. The molecule has 0 bridgehead atoms. The zero-order valence-corrected chi connectivity index (χ0v) is 20.3. The molecule has 2 aromatic carbocycles. The number of nitrogens with zero attached hydrogens (tertiary/aromatic N) is 2. The Hall–Kier alpha value is -2.88. The van der Waals surface area contributed by atoms with E-state index >= 15 is 0 Å². The Bertz CT molecular complexity index is 1070. The fourth-order valence-corrected chi connectivity index (χ4v) is 5.17. The predicted molar refractivity (Wildman–Crippen MR) is 135 cm³/mol. The van der Waals surface area contributed by atoms with Gasteiger partial charge >= 0.3 is 0 Å². The van der Waals surface area contributed by atoms with Gasteiger partial charge in [0.2, 0.25) is 0 Å². The molecule has 2 aliphatic heterocycles. The highest BCUT2D eigenvalue weighted by molar-refractivity contribution is 6.37. The molecule has 174 valence electrons. The molecule has 0 N–H and O–H groups in total. The molecule has 2 aromatic rings. The maximum Gasteiger partial charge on any atom is 0.278 e. The molecule has 4 rings (SSSR count). The Kier molecular flexibility index (Phi) is 7.32. The molecule has 0 aliphatic carbocycles. The Morgan fingerprint density at radius 2 is 1.64 bits per heavy atom. The van der Waals surface area contributed by atoms with E-state index in [-0.39, 0.29) is 11.8 Å². The van der Waals surface area contributed by atoms with Crippen molar-refractivity contribution in [1.82, 2.24) is 4.90 Å². The third-order valence-corrected chi connectivity index (χ3v) is 6.91. The van der Waals surface area contributed by atoms with Crippen molar-refractivity contribution in [2.75, 3.05) is 18.0 Å². The molecule has 2 heterocycles. The first-order valence-corrected chi connectivity index (χ1v) is 12.6. The van der Waals surface area contributed by atoms with Crippen molar-refractivity contribution in [2.24, 2.45) is 0 Å². The van der Waals surface area contributed by atoms with Gasteiger partial charge in [0.15, 0.2) is 0 Å². The fourth-order valence-electron chi connectivity index (χ4n) is 5.17. The van der Waals surface area contributed by atoms with Crippen LogP contribution in [0.1, 0.15) is 74.1 Å². The molecule has 2 aliphatic rings. The van der Waals surface area contributed by atoms with E-state index in [0.717, 1.165) is 61.0 Å². The van der Waals surface area contributed by atoms with E-state index in [1.165, 1.54) is 29.7 Å². The summed E-state index contributed by atoms with van der Waals surface area (Å²) >= 11 is 0. The molecule has 0 unspecified atom stereocenters. The van der Waals surface area contributed by atoms with E-state index in [1.807, 2.05) is 31.2 Å². The lowest BCUT2D eigenvalue weighted by molar-refractivity contribution is -0.137. The highest BCUT2D eigenvalue weighted by Gasteiger charge is 2.42. The molecule has 0 aromatic heterocycles. The smallest absolute Gasteiger partial charge is 0.278 e. The first-order chi connectivity index (χ1) is 16.0. The molecule has 33 heavy (non-hydrogen) atoms. The van der Waals surface area contributed by atoms with Crippen molar-refractivity contribution in [1.29, 1.82) is 0 Å². The zero-order chi connectivity index (χ0) is 23.4. The largest absolute Gasteiger partial charge is 0.336 e. The molecule has 0 saturated carbocycles. The van der Waals surface area contributed by atoms with Crippen LogP contribution in [-0.2, 0) is 16.0 Å². The van der Waals surface area contributed by atoms with Gasteiger partial charge in [0.05, 0.1) is 5.57 Å². The third kappa shape index (κ3) is 4.75. The van der Waals surface area contributed by atoms with Gasteiger partial charge in [0, 0.05) is 18.8 Å². The number of carbonyl (C=O) groups is 2. The second-order valence-corrected chi connectivity index (χ2v) is 9.46. The average Bonchev–Trinajstić information content (AvgIpc) is 3.05. The molecule has 0 saturated heterocycles. The fraction of sp³-hybridized carbons (Fsp3) is 0.448. The maximum absolute atomic E-state index is 13.8. The van der Waals surface area contributed by atoms with Gasteiger partial charge in [-0.1, -0.05) is 81.0 Å². The number of unbranched alkanes of at least 4 members (excludes halogenated alkanes) is 5. The average molecular weight is 445 g/mol. The van der Waals surface area contributed by atoms with Crippen LogP contribution in [0.25, 0.3) is 5.57 Å². The minimum atomic E-state index is -0.140. The van der Waals surface area contributed by atoms with E-state index in [9.17, 15) is 9.59 Å². The Morgan fingerprint density at radius 3 is 2.42 bits per heavy atom. The van der Waals surface area contributed by atoms with Gasteiger partial charge in [0.25, 0.3) is 11.8 Å². The van der Waals surface area contributed by atoms with Crippen LogP contribution >= 0.6 is 0 Å². The summed E-state index contributed by atoms with van der Waals surface area (Å²) in [6.45, 7) is 7.55. The van der Waals surface area contributed by atoms with Crippen molar-refractivity contribution >= 4 is 23.1 Å². The van der Waals surface area contributed by atoms with E-state index in [0.29, 0.717) is 17.8 Å². The van der Waals surface area contributed by atoms with Gasteiger partial charge in [-0.05, 0) is 55.9 Å². The van der Waals surface area contributed by atoms with E-state index in [1.54, 1.807) is 0 Å². The van der Waals surface area contributed by atoms with E-state index in [2.05, 4.69) is 36.9 Å². The summed E-state index contributed by atoms with van der Waals surface area (Å²) < 4.78 is 0. The minimum absolute atomic E-state index is 0.139. The lowest BCUT2D eigenvalue weighted by Gasteiger charge is -2.32. The highest BCUT2D eigenvalue weighted by atomic mass is 16.2. The highest BCUT2D eigenvalue weighted by Crippen LogP contribution is 2.38. The zero-order valence-electron chi connectivity index (χ0n) is 20.3. The topological polar surface area (TPSA) is 40.6 Å². The van der Waals surface area contributed by atoms with Crippen LogP contribution in [0, 0.1) is 13.8 Å². The van der Waals surface area contributed by atoms with Crippen molar-refractivity contribution in [3.05, 3.63) is 70.4 Å². The molecule has 4 heteroatoms. The van der Waals surface area contributed by atoms with Crippen molar-refractivity contribution in [2.45, 2.75) is 72.1 Å². The number of benzene rings is 2. The number of anilines is 1. The van der Waals surface area contributed by atoms with Gasteiger partial charge in [-0.15, -0.1) is 0 Å². The lowest BCUT2D eigenvalue weighted by Crippen LogP contribution is -2.37. The summed E-state index contributed by atoms with van der Waals surface area (Å²) in [4.78, 5) is 31.1. The Balaban J connectivity index is 1.69. The minimum Gasteiger partial charge on any atom is -0.336 e. The van der Waals surface area contributed by atoms with Crippen LogP contribution in [0.5, 0.6) is 0 Å². The Labute approximate surface area is 198 Å². The molecule has 2 amide bonds. The second-order valence-electron chi connectivity index (χ2n) is 9.46. The van der Waals surface area contributed by atoms with Crippen molar-refractivity contribution < 1.29 is 9.59 Å². The van der Waals surface area contributed by atoms with Gasteiger partial charge in [-0.3, -0.25) is 14.5 Å². The van der Waals surface area contributed by atoms with Crippen LogP contribution in [0.3, 0.4) is 0 Å². The van der Waals surface area contributed by atoms with Crippen molar-refractivity contribution in [3.8, 4) is 0 Å². The first kappa shape index (κ1) is 23.3. The van der Waals surface area contributed by atoms with Crippen LogP contribution in [0.2, 0.25) is 0 Å². The number of imide groups is 1. The van der Waals surface area contributed by atoms with Crippen molar-refractivity contribution in [3.63, 3.8) is 0 Å². The number of para-hydroxylation sites is 1. The molecule has 0 radical (unpaired) electrons. The van der Waals surface area contributed by atoms with Crippen LogP contribution in [-0.4, -0.2) is 29.8 Å². The number of carbonyl (C=O) groups excluding carboxylic acids is 2. The van der Waals surface area contributed by atoms with Crippen LogP contribution < -0.4 is 4.90 Å². The molecular weight excluding hydrogens is 408 g/mol. The van der Waals surface area contributed by atoms with Gasteiger partial charge in [-0.2, -0.15) is 0 Å². The molecule has 0 spiro atoms. The van der Waals surface area contributed by atoms with Crippen LogP contribution in [0.4, 0.5) is 5.69 Å². The summed E-state index contributed by atoms with van der Waals surface area (Å²) in [5, 5.41) is 0. The number of hydrogen-bond donors (Lipinski definition) is 0. The normalized spacial score (nSPS) is 16.1. The molecule has 0 fully saturated rings. The van der Waals surface area contributed by atoms with E-state index < -0.39 is 0 Å². The molecule has 4 nitrogen and oxygen atoms in total. The summed E-state index contributed by atoms with van der Waals surface area (Å²) in [6.07, 6.45) is 8.74. The molecule has 0 atom stereocenters. The quantitative estimate of drug-likeness (QED) is 0.342. The summed E-state index contributed by atoms with van der Waals surface area (Å²) in [7, 11) is 0. The van der Waals surface area contributed by atoms with Gasteiger partial charge in [0.1, 0.15) is 5.70 Å². The summed E-state index contributed by atoms with van der Waals surface area (Å²) in [5.41, 5.74) is 6.50. The standard InChI is InChI=1S/C29H36N2O2/c1-4-5-6-7-8-11-18-31-28(32)26(24-17-16-21(2)20-22(24)3)27(29(31)33)30-19-12-14-23-13-9-10-15-25(23)30/h9-10,13,15-17,20H,4-8,11-12,14,18-19H2,1-3H3. The van der Waals surface area contributed by atoms with Gasteiger partial charge in [-0.25, -0.2) is 0 Å². The van der Waals surface area contributed by atoms with Crippen LogP contribution in [0.15, 0.2) is 48.2 Å². The summed E-state index contributed by atoms with van der Waals surface area (Å²) in [6, 6.07) is 14.4. The monoisotopic (exact) mass is 444 g/mol. The summed E-state index contributed by atoms with van der Waals surface area (Å²) in [5.74, 6) is -0.279. The number of rotatable bonds is 9. The second kappa shape index (κ2) is 10.4. The SMILES string of the molecule is CCCCCCCCN1C(=O)C(c2ccc(C)cc2C)=C(N2CCCc3ccccc32)C1=O. The lowest BCUT2D eigenvalue weighted by atomic mass is 9.95. The number of amides is 2.